The molecule has 3 aromatic rings. The van der Waals surface area contributed by atoms with Crippen molar-refractivity contribution in [2.75, 3.05) is 6.54 Å². The van der Waals surface area contributed by atoms with Gasteiger partial charge in [0, 0.05) is 4.70 Å². The number of thiophene rings is 2. The normalized spacial score (nSPS) is 12.6. The van der Waals surface area contributed by atoms with Crippen LogP contribution in [0.25, 0.3) is 10.1 Å². The number of nitriles is 1. The van der Waals surface area contributed by atoms with Crippen LogP contribution in [0.15, 0.2) is 51.4 Å². The molecule has 0 aliphatic rings. The first kappa shape index (κ1) is 18.5. The first-order valence-corrected chi connectivity index (χ1v) is 10.9. The molecule has 2 N–H and O–H groups in total. The number of amides is 1. The standard InChI is InChI=1S/C17H15N3O3S3/c18-7-8-19-17(21)14(20-26(22,23)16-6-3-9-24-16)10-12-11-25-15-5-2-1-4-13(12)15/h1-6,9,11,14,20H,8,10H2,(H,19,21). The zero-order chi connectivity index (χ0) is 18.6. The molecule has 1 unspecified atom stereocenters. The van der Waals surface area contributed by atoms with E-state index in [-0.39, 0.29) is 17.2 Å². The first-order chi connectivity index (χ1) is 12.5. The number of rotatable bonds is 7. The molecule has 1 amide bonds. The zero-order valence-corrected chi connectivity index (χ0v) is 16.0. The van der Waals surface area contributed by atoms with Crippen molar-refractivity contribution in [2.24, 2.45) is 0 Å². The van der Waals surface area contributed by atoms with Gasteiger partial charge in [0.25, 0.3) is 10.0 Å². The minimum absolute atomic E-state index is 0.144. The Morgan fingerprint density at radius 3 is 2.73 bits per heavy atom. The van der Waals surface area contributed by atoms with Gasteiger partial charge in [-0.2, -0.15) is 9.98 Å². The summed E-state index contributed by atoms with van der Waals surface area (Å²) >= 11 is 2.62. The van der Waals surface area contributed by atoms with Crippen LogP contribution < -0.4 is 10.0 Å². The molecule has 2 heterocycles. The maximum atomic E-state index is 12.5. The Kier molecular flexibility index (Phi) is 5.68. The highest BCUT2D eigenvalue weighted by Crippen LogP contribution is 2.27. The fraction of sp³-hybridized carbons (Fsp3) is 0.176. The Bertz CT molecular complexity index is 1050. The largest absolute Gasteiger partial charge is 0.342 e. The van der Waals surface area contributed by atoms with Crippen molar-refractivity contribution in [1.82, 2.24) is 10.0 Å². The van der Waals surface area contributed by atoms with Gasteiger partial charge < -0.3 is 5.32 Å². The lowest BCUT2D eigenvalue weighted by Crippen LogP contribution is -2.47. The summed E-state index contributed by atoms with van der Waals surface area (Å²) in [6.45, 7) is -0.180. The van der Waals surface area contributed by atoms with E-state index in [0.717, 1.165) is 27.0 Å². The quantitative estimate of drug-likeness (QED) is 0.590. The van der Waals surface area contributed by atoms with Crippen LogP contribution in [0.5, 0.6) is 0 Å². The molecule has 2 aromatic heterocycles. The van der Waals surface area contributed by atoms with Crippen LogP contribution in [0.2, 0.25) is 0 Å². The van der Waals surface area contributed by atoms with Crippen molar-refractivity contribution in [3.63, 3.8) is 0 Å². The van der Waals surface area contributed by atoms with E-state index in [4.69, 9.17) is 5.26 Å². The van der Waals surface area contributed by atoms with Crippen molar-refractivity contribution in [3.8, 4) is 6.07 Å². The number of hydrogen-bond donors (Lipinski definition) is 2. The number of carbonyl (C=O) groups excluding carboxylic acids is 1. The molecule has 0 saturated heterocycles. The lowest BCUT2D eigenvalue weighted by atomic mass is 10.1. The predicted octanol–water partition coefficient (Wildman–Crippen LogP) is 2.49. The second kappa shape index (κ2) is 7.97. The highest BCUT2D eigenvalue weighted by atomic mass is 32.2. The Balaban J connectivity index is 1.88. The average molecular weight is 406 g/mol. The zero-order valence-electron chi connectivity index (χ0n) is 13.5. The van der Waals surface area contributed by atoms with Crippen molar-refractivity contribution in [2.45, 2.75) is 16.7 Å². The Morgan fingerprint density at radius 2 is 2.00 bits per heavy atom. The molecule has 3 rings (SSSR count). The maximum Gasteiger partial charge on any atom is 0.250 e. The first-order valence-electron chi connectivity index (χ1n) is 7.67. The van der Waals surface area contributed by atoms with Crippen LogP contribution in [-0.2, 0) is 21.2 Å². The van der Waals surface area contributed by atoms with E-state index in [0.29, 0.717) is 0 Å². The Labute approximate surface area is 159 Å². The number of nitrogens with zero attached hydrogens (tertiary/aromatic N) is 1. The van der Waals surface area contributed by atoms with Gasteiger partial charge in [0.15, 0.2) is 0 Å². The third-order valence-corrected chi connectivity index (χ3v) is 7.58. The van der Waals surface area contributed by atoms with Gasteiger partial charge in [0.2, 0.25) is 5.91 Å². The molecule has 0 fully saturated rings. The second-order valence-corrected chi connectivity index (χ2v) is 9.24. The van der Waals surface area contributed by atoms with E-state index >= 15 is 0 Å². The van der Waals surface area contributed by atoms with Gasteiger partial charge in [-0.1, -0.05) is 24.3 Å². The molecule has 9 heteroatoms. The lowest BCUT2D eigenvalue weighted by molar-refractivity contribution is -0.122. The molecule has 134 valence electrons. The molecule has 0 aliphatic carbocycles. The van der Waals surface area contributed by atoms with Crippen LogP contribution >= 0.6 is 22.7 Å². The molecular weight excluding hydrogens is 390 g/mol. The smallest absolute Gasteiger partial charge is 0.250 e. The van der Waals surface area contributed by atoms with E-state index < -0.39 is 22.0 Å². The van der Waals surface area contributed by atoms with Gasteiger partial charge in [0.1, 0.15) is 16.8 Å². The van der Waals surface area contributed by atoms with Crippen LogP contribution in [0.4, 0.5) is 0 Å². The molecule has 6 nitrogen and oxygen atoms in total. The molecule has 0 spiro atoms. The van der Waals surface area contributed by atoms with E-state index in [1.807, 2.05) is 35.7 Å². The third kappa shape index (κ3) is 4.11. The van der Waals surface area contributed by atoms with E-state index in [1.165, 1.54) is 6.07 Å². The van der Waals surface area contributed by atoms with E-state index in [1.54, 1.807) is 22.8 Å². The Hall–Kier alpha value is -2.25. The monoisotopic (exact) mass is 405 g/mol. The lowest BCUT2D eigenvalue weighted by Gasteiger charge is -2.17. The summed E-state index contributed by atoms with van der Waals surface area (Å²) < 4.78 is 28.7. The molecular formula is C17H15N3O3S3. The van der Waals surface area contributed by atoms with Crippen molar-refractivity contribution >= 4 is 48.7 Å². The maximum absolute atomic E-state index is 12.5. The molecule has 0 aliphatic heterocycles. The minimum Gasteiger partial charge on any atom is -0.342 e. The SMILES string of the molecule is N#CCNC(=O)C(Cc1csc2ccccc12)NS(=O)(=O)c1cccs1. The summed E-state index contributed by atoms with van der Waals surface area (Å²) in [7, 11) is -3.81. The van der Waals surface area contributed by atoms with Crippen molar-refractivity contribution in [1.29, 1.82) is 5.26 Å². The summed E-state index contributed by atoms with van der Waals surface area (Å²) in [4.78, 5) is 12.4. The molecule has 1 atom stereocenters. The topological polar surface area (TPSA) is 99.1 Å². The summed E-state index contributed by atoms with van der Waals surface area (Å²) in [6, 6.07) is 11.7. The summed E-state index contributed by atoms with van der Waals surface area (Å²) in [5.41, 5.74) is 0.886. The average Bonchev–Trinajstić information content (AvgIpc) is 3.30. The predicted molar refractivity (Wildman–Crippen MR) is 103 cm³/mol. The van der Waals surface area contributed by atoms with E-state index in [2.05, 4.69) is 10.0 Å². The van der Waals surface area contributed by atoms with Crippen LogP contribution in [0.1, 0.15) is 5.56 Å². The van der Waals surface area contributed by atoms with Crippen molar-refractivity contribution in [3.05, 3.63) is 52.7 Å². The number of nitrogens with one attached hydrogen (secondary N) is 2. The molecule has 0 bridgehead atoms. The van der Waals surface area contributed by atoms with Gasteiger partial charge in [-0.25, -0.2) is 8.42 Å². The fourth-order valence-electron chi connectivity index (χ4n) is 2.51. The van der Waals surface area contributed by atoms with Gasteiger partial charge in [0.05, 0.1) is 6.07 Å². The number of benzene rings is 1. The fourth-order valence-corrected chi connectivity index (χ4v) is 5.69. The van der Waals surface area contributed by atoms with Crippen LogP contribution in [-0.4, -0.2) is 26.9 Å². The number of sulfonamides is 1. The summed E-state index contributed by atoms with van der Waals surface area (Å²) in [5, 5.41) is 15.7. The van der Waals surface area contributed by atoms with Gasteiger partial charge >= 0.3 is 0 Å². The van der Waals surface area contributed by atoms with Crippen molar-refractivity contribution < 1.29 is 13.2 Å². The van der Waals surface area contributed by atoms with Crippen LogP contribution in [0, 0.1) is 11.3 Å². The van der Waals surface area contributed by atoms with Gasteiger partial charge in [-0.15, -0.1) is 22.7 Å². The number of carbonyl (C=O) groups is 1. The Morgan fingerprint density at radius 1 is 1.19 bits per heavy atom. The third-order valence-electron chi connectivity index (χ3n) is 3.70. The summed E-state index contributed by atoms with van der Waals surface area (Å²) in [5.74, 6) is -0.526. The van der Waals surface area contributed by atoms with E-state index in [9.17, 15) is 13.2 Å². The highest BCUT2D eigenvalue weighted by molar-refractivity contribution is 7.91. The molecule has 26 heavy (non-hydrogen) atoms. The highest BCUT2D eigenvalue weighted by Gasteiger charge is 2.27. The number of fused-ring (bicyclic) bond motifs is 1. The minimum atomic E-state index is -3.81. The molecule has 0 radical (unpaired) electrons. The van der Waals surface area contributed by atoms with Crippen LogP contribution in [0.3, 0.4) is 0 Å². The summed E-state index contributed by atoms with van der Waals surface area (Å²) in [6.07, 6.45) is 0.200. The molecule has 1 aromatic carbocycles. The second-order valence-electron chi connectivity index (χ2n) is 5.44. The van der Waals surface area contributed by atoms with Gasteiger partial charge in [-0.3, -0.25) is 4.79 Å². The number of hydrogen-bond acceptors (Lipinski definition) is 6. The van der Waals surface area contributed by atoms with Gasteiger partial charge in [-0.05, 0) is 40.3 Å². The molecule has 0 saturated carbocycles.